The minimum atomic E-state index is -0.242. The second-order valence-electron chi connectivity index (χ2n) is 11.8. The normalized spacial score (nSPS) is 15.6. The summed E-state index contributed by atoms with van der Waals surface area (Å²) in [7, 11) is 3.10. The molecule has 0 saturated heterocycles. The molecular formula is C34H41ClN6O5S2. The van der Waals surface area contributed by atoms with Crippen LogP contribution in [0.3, 0.4) is 0 Å². The van der Waals surface area contributed by atoms with Crippen LogP contribution < -0.4 is 26.2 Å². The van der Waals surface area contributed by atoms with E-state index < -0.39 is 0 Å². The summed E-state index contributed by atoms with van der Waals surface area (Å²) in [6.07, 6.45) is 14.6. The third-order valence-corrected chi connectivity index (χ3v) is 11.4. The van der Waals surface area contributed by atoms with Gasteiger partial charge in [0, 0.05) is 24.2 Å². The van der Waals surface area contributed by atoms with Crippen molar-refractivity contribution in [2.75, 3.05) is 14.2 Å². The molecule has 2 aliphatic rings. The maximum absolute atomic E-state index is 12.9. The first-order valence-electron chi connectivity index (χ1n) is 15.5. The summed E-state index contributed by atoms with van der Waals surface area (Å²) >= 11 is 8.65. The van der Waals surface area contributed by atoms with Crippen molar-refractivity contribution in [1.82, 2.24) is 29.1 Å². The molecule has 0 aliphatic heterocycles. The molecule has 0 amide bonds. The number of nitrogens with zero attached hydrogens (tertiary/aromatic N) is 5. The van der Waals surface area contributed by atoms with E-state index in [4.69, 9.17) is 21.1 Å². The lowest BCUT2D eigenvalue weighted by molar-refractivity contribution is 0.345. The van der Waals surface area contributed by atoms with E-state index in [2.05, 4.69) is 19.9 Å². The largest absolute Gasteiger partial charge is 0.496 e. The smallest absolute Gasteiger partial charge is 0.271 e. The minimum Gasteiger partial charge on any atom is -0.496 e. The van der Waals surface area contributed by atoms with Crippen molar-refractivity contribution in [3.8, 4) is 11.5 Å². The molecule has 6 aromatic heterocycles. The number of rotatable bonds is 4. The Balaban J connectivity index is 0.000000180. The number of H-pyrrole nitrogens is 1. The lowest BCUT2D eigenvalue weighted by Gasteiger charge is -2.23. The molecule has 2 fully saturated rings. The van der Waals surface area contributed by atoms with E-state index in [0.717, 1.165) is 43.9 Å². The Morgan fingerprint density at radius 1 is 0.750 bits per heavy atom. The van der Waals surface area contributed by atoms with Crippen LogP contribution >= 0.6 is 34.3 Å². The molecule has 14 heteroatoms. The summed E-state index contributed by atoms with van der Waals surface area (Å²) in [6.45, 7) is 0. The van der Waals surface area contributed by atoms with Gasteiger partial charge < -0.3 is 14.5 Å². The van der Waals surface area contributed by atoms with Crippen LogP contribution in [0.2, 0.25) is 5.15 Å². The monoisotopic (exact) mass is 712 g/mol. The molecule has 0 bridgehead atoms. The Bertz CT molecular complexity index is 2260. The maximum Gasteiger partial charge on any atom is 0.271 e. The molecule has 0 unspecified atom stereocenters. The van der Waals surface area contributed by atoms with Crippen LogP contribution in [0, 0.1) is 0 Å². The molecule has 8 rings (SSSR count). The van der Waals surface area contributed by atoms with Crippen molar-refractivity contribution < 1.29 is 9.47 Å². The zero-order valence-electron chi connectivity index (χ0n) is 25.5. The van der Waals surface area contributed by atoms with Crippen LogP contribution in [0.25, 0.3) is 40.9 Å². The van der Waals surface area contributed by atoms with Crippen molar-refractivity contribution >= 4 is 75.1 Å². The summed E-state index contributed by atoms with van der Waals surface area (Å²) < 4.78 is 15.5. The highest BCUT2D eigenvalue weighted by molar-refractivity contribution is 7.25. The SMILES string of the molecule is C.C.COc1cc(=O)[nH]c2sc3c(=O)n(C4CCCCC4)cnc3c12.COc1cc(Cl)nc2sc3c(=O)n(C4CCCCC4)cnc3c12. The third-order valence-electron chi connectivity index (χ3n) is 9.05. The van der Waals surface area contributed by atoms with Gasteiger partial charge in [0.05, 0.1) is 37.6 Å². The fourth-order valence-electron chi connectivity index (χ4n) is 6.78. The molecule has 2 aliphatic carbocycles. The van der Waals surface area contributed by atoms with Gasteiger partial charge >= 0.3 is 0 Å². The number of hydrogen-bond acceptors (Lipinski definition) is 10. The average molecular weight is 713 g/mol. The van der Waals surface area contributed by atoms with Gasteiger partial charge in [0.25, 0.3) is 16.7 Å². The van der Waals surface area contributed by atoms with Crippen molar-refractivity contribution in [3.63, 3.8) is 0 Å². The molecule has 2 saturated carbocycles. The number of methoxy groups -OCH3 is 2. The van der Waals surface area contributed by atoms with E-state index in [0.29, 0.717) is 52.1 Å². The lowest BCUT2D eigenvalue weighted by atomic mass is 9.95. The highest BCUT2D eigenvalue weighted by Gasteiger charge is 2.23. The number of nitrogens with one attached hydrogen (secondary N) is 1. The molecule has 256 valence electrons. The van der Waals surface area contributed by atoms with Gasteiger partial charge in [-0.1, -0.05) is 65.0 Å². The number of aromatic nitrogens is 6. The summed E-state index contributed by atoms with van der Waals surface area (Å²) in [6, 6.07) is 3.55. The van der Waals surface area contributed by atoms with E-state index in [-0.39, 0.29) is 43.6 Å². The number of pyridine rings is 2. The molecule has 6 heterocycles. The van der Waals surface area contributed by atoms with E-state index >= 15 is 0 Å². The van der Waals surface area contributed by atoms with Crippen LogP contribution in [-0.4, -0.2) is 43.3 Å². The van der Waals surface area contributed by atoms with Crippen LogP contribution in [0.4, 0.5) is 0 Å². The van der Waals surface area contributed by atoms with Gasteiger partial charge in [-0.3, -0.25) is 23.5 Å². The lowest BCUT2D eigenvalue weighted by Crippen LogP contribution is -2.26. The van der Waals surface area contributed by atoms with Crippen molar-refractivity contribution in [2.24, 2.45) is 0 Å². The molecular weight excluding hydrogens is 672 g/mol. The summed E-state index contributed by atoms with van der Waals surface area (Å²) in [5.41, 5.74) is 1.01. The number of thiophene rings is 2. The fourth-order valence-corrected chi connectivity index (χ4v) is 9.19. The van der Waals surface area contributed by atoms with E-state index in [1.165, 1.54) is 61.5 Å². The number of hydrogen-bond donors (Lipinski definition) is 1. The highest BCUT2D eigenvalue weighted by Crippen LogP contribution is 2.38. The Morgan fingerprint density at radius 2 is 1.25 bits per heavy atom. The highest BCUT2D eigenvalue weighted by atomic mass is 35.5. The van der Waals surface area contributed by atoms with Gasteiger partial charge in [-0.05, 0) is 25.7 Å². The molecule has 0 atom stereocenters. The molecule has 48 heavy (non-hydrogen) atoms. The number of halogens is 1. The van der Waals surface area contributed by atoms with E-state index in [9.17, 15) is 14.4 Å². The van der Waals surface area contributed by atoms with Gasteiger partial charge in [0.15, 0.2) is 0 Å². The average Bonchev–Trinajstić information content (AvgIpc) is 3.64. The Morgan fingerprint density at radius 3 is 1.79 bits per heavy atom. The van der Waals surface area contributed by atoms with E-state index in [1.54, 1.807) is 35.0 Å². The van der Waals surface area contributed by atoms with Crippen LogP contribution in [-0.2, 0) is 0 Å². The van der Waals surface area contributed by atoms with Gasteiger partial charge in [-0.15, -0.1) is 22.7 Å². The molecule has 11 nitrogen and oxygen atoms in total. The van der Waals surface area contributed by atoms with Crippen LogP contribution in [0.1, 0.15) is 91.1 Å². The molecule has 0 radical (unpaired) electrons. The zero-order chi connectivity index (χ0) is 31.9. The standard InChI is InChI=1S/C16H16ClN3O2S.C16H17N3O3S.2CH4/c1-22-10-7-11(17)19-15-12(10)13-14(23-15)16(21)20(8-18-13)9-5-3-2-4-6-9;1-22-10-7-11(20)18-15-12(10)13-14(23-15)16(21)19(8-17-13)9-5-3-2-4-6-9;;/h7-9H,2-6H2,1H3;7-9H,2-6H2,1H3,(H,18,20);2*1H4. The Hall–Kier alpha value is -3.81. The number of aromatic amines is 1. The summed E-state index contributed by atoms with van der Waals surface area (Å²) in [4.78, 5) is 55.0. The van der Waals surface area contributed by atoms with Crippen LogP contribution in [0.15, 0.2) is 39.2 Å². The summed E-state index contributed by atoms with van der Waals surface area (Å²) in [5, 5.41) is 1.83. The molecule has 6 aromatic rings. The third kappa shape index (κ3) is 6.35. The Kier molecular flexibility index (Phi) is 10.9. The van der Waals surface area contributed by atoms with Crippen molar-refractivity contribution in [2.45, 2.75) is 91.1 Å². The summed E-state index contributed by atoms with van der Waals surface area (Å²) in [5.74, 6) is 1.06. The maximum atomic E-state index is 12.9. The first-order valence-corrected chi connectivity index (χ1v) is 17.5. The molecule has 0 aromatic carbocycles. The van der Waals surface area contributed by atoms with Crippen LogP contribution in [0.5, 0.6) is 11.5 Å². The van der Waals surface area contributed by atoms with Gasteiger partial charge in [0.2, 0.25) is 0 Å². The first kappa shape index (κ1) is 35.5. The Labute approximate surface area is 290 Å². The predicted octanol–water partition coefficient (Wildman–Crippen LogP) is 8.26. The predicted molar refractivity (Wildman–Crippen MR) is 197 cm³/mol. The number of ether oxygens (including phenoxy) is 2. The second-order valence-corrected chi connectivity index (χ2v) is 14.2. The fraction of sp³-hybridized carbons (Fsp3) is 0.471. The minimum absolute atomic E-state index is 0. The molecule has 0 spiro atoms. The van der Waals surface area contributed by atoms with E-state index in [1.807, 2.05) is 0 Å². The quantitative estimate of drug-likeness (QED) is 0.181. The van der Waals surface area contributed by atoms with Gasteiger partial charge in [-0.2, -0.15) is 0 Å². The second kappa shape index (κ2) is 14.8. The number of fused-ring (bicyclic) bond motifs is 6. The zero-order valence-corrected chi connectivity index (χ0v) is 27.9. The van der Waals surface area contributed by atoms with Gasteiger partial charge in [-0.25, -0.2) is 15.0 Å². The molecule has 1 N–H and O–H groups in total. The van der Waals surface area contributed by atoms with Gasteiger partial charge in [0.1, 0.15) is 46.7 Å². The van der Waals surface area contributed by atoms with Crippen molar-refractivity contribution in [3.05, 3.63) is 61.0 Å². The van der Waals surface area contributed by atoms with Crippen molar-refractivity contribution in [1.29, 1.82) is 0 Å². The first-order chi connectivity index (χ1) is 22.4. The topological polar surface area (TPSA) is 134 Å².